The fraction of sp³-hybridized carbons (Fsp3) is 0.263. The summed E-state index contributed by atoms with van der Waals surface area (Å²) >= 11 is 3.32. The highest BCUT2D eigenvalue weighted by Gasteiger charge is 2.34. The van der Waals surface area contributed by atoms with Crippen molar-refractivity contribution < 1.29 is 14.3 Å². The minimum Gasteiger partial charge on any atom is -0.449 e. The van der Waals surface area contributed by atoms with Crippen molar-refractivity contribution in [3.63, 3.8) is 0 Å². The zero-order valence-electron chi connectivity index (χ0n) is 13.5. The Bertz CT molecular complexity index is 790. The van der Waals surface area contributed by atoms with Gasteiger partial charge in [0.15, 0.2) is 6.10 Å². The summed E-state index contributed by atoms with van der Waals surface area (Å²) in [6.07, 6.45) is -0.0288. The topological polar surface area (TPSA) is 46.6 Å². The zero-order valence-corrected chi connectivity index (χ0v) is 15.1. The molecule has 3 rings (SSSR count). The van der Waals surface area contributed by atoms with Gasteiger partial charge in [-0.15, -0.1) is 0 Å². The fourth-order valence-electron chi connectivity index (χ4n) is 2.99. The molecule has 24 heavy (non-hydrogen) atoms. The number of hydrogen-bond donors (Lipinski definition) is 0. The van der Waals surface area contributed by atoms with Crippen molar-refractivity contribution in [2.24, 2.45) is 0 Å². The molecule has 1 aliphatic heterocycles. The number of rotatable bonds is 3. The second-order valence-corrected chi connectivity index (χ2v) is 6.86. The van der Waals surface area contributed by atoms with Gasteiger partial charge in [0.1, 0.15) is 0 Å². The summed E-state index contributed by atoms with van der Waals surface area (Å²) in [6, 6.07) is 14.8. The molecule has 2 atom stereocenters. The van der Waals surface area contributed by atoms with Gasteiger partial charge in [-0.3, -0.25) is 4.79 Å². The number of carbonyl (C=O) groups is 2. The number of anilines is 1. The third kappa shape index (κ3) is 3.22. The van der Waals surface area contributed by atoms with E-state index in [4.69, 9.17) is 4.74 Å². The molecule has 0 saturated heterocycles. The van der Waals surface area contributed by atoms with Crippen LogP contribution in [0.3, 0.4) is 0 Å². The van der Waals surface area contributed by atoms with Crippen LogP contribution < -0.4 is 4.90 Å². The van der Waals surface area contributed by atoms with Crippen molar-refractivity contribution in [3.05, 3.63) is 64.1 Å². The molecule has 0 N–H and O–H groups in total. The number of amides is 1. The molecular formula is C19H18BrNO3. The molecule has 5 heteroatoms. The summed E-state index contributed by atoms with van der Waals surface area (Å²) in [5, 5.41) is 0. The molecule has 4 nitrogen and oxygen atoms in total. The Morgan fingerprint density at radius 1 is 1.21 bits per heavy atom. The first kappa shape index (κ1) is 16.7. The molecule has 0 aromatic heterocycles. The Balaban J connectivity index is 1.75. The standard InChI is InChI=1S/C19H18BrNO3/c1-12-10-14-6-3-4-9-17(14)21(12)18(22)13(2)24-19(23)15-7-5-8-16(20)11-15/h3-9,11-13H,10H2,1-2H3/t12-,13-/m1/s1. The van der Waals surface area contributed by atoms with Gasteiger partial charge in [0.25, 0.3) is 5.91 Å². The monoisotopic (exact) mass is 387 g/mol. The van der Waals surface area contributed by atoms with Crippen molar-refractivity contribution in [1.82, 2.24) is 0 Å². The summed E-state index contributed by atoms with van der Waals surface area (Å²) in [5.74, 6) is -0.701. The zero-order chi connectivity index (χ0) is 17.3. The Morgan fingerprint density at radius 3 is 2.71 bits per heavy atom. The lowest BCUT2D eigenvalue weighted by atomic mass is 10.1. The van der Waals surface area contributed by atoms with Gasteiger partial charge in [0.2, 0.25) is 0 Å². The van der Waals surface area contributed by atoms with Crippen LogP contribution in [0.25, 0.3) is 0 Å². The number of nitrogens with zero attached hydrogens (tertiary/aromatic N) is 1. The van der Waals surface area contributed by atoms with Crippen LogP contribution in [-0.4, -0.2) is 24.0 Å². The summed E-state index contributed by atoms with van der Waals surface area (Å²) in [5.41, 5.74) is 2.46. The maximum atomic E-state index is 12.8. The van der Waals surface area contributed by atoms with E-state index in [2.05, 4.69) is 15.9 Å². The Kier molecular flexibility index (Phi) is 4.71. The molecular weight excluding hydrogens is 370 g/mol. The van der Waals surface area contributed by atoms with E-state index in [-0.39, 0.29) is 11.9 Å². The Labute approximate surface area is 149 Å². The second kappa shape index (κ2) is 6.77. The van der Waals surface area contributed by atoms with E-state index in [0.717, 1.165) is 22.1 Å². The van der Waals surface area contributed by atoms with Gasteiger partial charge in [-0.25, -0.2) is 4.79 Å². The van der Waals surface area contributed by atoms with Gasteiger partial charge in [0.05, 0.1) is 5.56 Å². The van der Waals surface area contributed by atoms with E-state index >= 15 is 0 Å². The van der Waals surface area contributed by atoms with Crippen molar-refractivity contribution in [2.45, 2.75) is 32.4 Å². The SMILES string of the molecule is C[C@@H]1Cc2ccccc2N1C(=O)[C@@H](C)OC(=O)c1cccc(Br)c1. The van der Waals surface area contributed by atoms with Crippen LogP contribution in [0.5, 0.6) is 0 Å². The van der Waals surface area contributed by atoms with E-state index in [9.17, 15) is 9.59 Å². The van der Waals surface area contributed by atoms with Crippen LogP contribution in [0.4, 0.5) is 5.69 Å². The number of fused-ring (bicyclic) bond motifs is 1. The molecule has 2 aromatic carbocycles. The van der Waals surface area contributed by atoms with Crippen LogP contribution in [-0.2, 0) is 16.0 Å². The molecule has 1 heterocycles. The van der Waals surface area contributed by atoms with Gasteiger partial charge < -0.3 is 9.64 Å². The van der Waals surface area contributed by atoms with Gasteiger partial charge in [-0.2, -0.15) is 0 Å². The van der Waals surface area contributed by atoms with Crippen LogP contribution in [0.1, 0.15) is 29.8 Å². The first-order chi connectivity index (χ1) is 11.5. The molecule has 0 saturated carbocycles. The quantitative estimate of drug-likeness (QED) is 0.748. The largest absolute Gasteiger partial charge is 0.449 e. The highest BCUT2D eigenvalue weighted by molar-refractivity contribution is 9.10. The highest BCUT2D eigenvalue weighted by Crippen LogP contribution is 2.32. The van der Waals surface area contributed by atoms with Crippen molar-refractivity contribution >= 4 is 33.5 Å². The molecule has 0 spiro atoms. The number of hydrogen-bond acceptors (Lipinski definition) is 3. The molecule has 0 radical (unpaired) electrons. The number of ether oxygens (including phenoxy) is 1. The minimum absolute atomic E-state index is 0.0573. The molecule has 0 aliphatic carbocycles. The fourth-order valence-corrected chi connectivity index (χ4v) is 3.39. The predicted molar refractivity (Wildman–Crippen MR) is 96.1 cm³/mol. The summed E-state index contributed by atoms with van der Waals surface area (Å²) in [6.45, 7) is 3.62. The normalized spacial score (nSPS) is 17.3. The van der Waals surface area contributed by atoms with Crippen LogP contribution in [0, 0.1) is 0 Å². The maximum absolute atomic E-state index is 12.8. The van der Waals surface area contributed by atoms with E-state index in [1.54, 1.807) is 30.0 Å². The van der Waals surface area contributed by atoms with Gasteiger partial charge >= 0.3 is 5.97 Å². The third-order valence-electron chi connectivity index (χ3n) is 4.14. The van der Waals surface area contributed by atoms with Crippen molar-refractivity contribution in [2.75, 3.05) is 4.90 Å². The van der Waals surface area contributed by atoms with E-state index in [1.165, 1.54) is 0 Å². The molecule has 0 bridgehead atoms. The lowest BCUT2D eigenvalue weighted by molar-refractivity contribution is -0.126. The number of carbonyl (C=O) groups excluding carboxylic acids is 2. The molecule has 1 aliphatic rings. The Hall–Kier alpha value is -2.14. The molecule has 1 amide bonds. The minimum atomic E-state index is -0.843. The van der Waals surface area contributed by atoms with Gasteiger partial charge in [-0.05, 0) is 50.1 Å². The summed E-state index contributed by atoms with van der Waals surface area (Å²) in [7, 11) is 0. The highest BCUT2D eigenvalue weighted by atomic mass is 79.9. The van der Waals surface area contributed by atoms with Gasteiger partial charge in [0, 0.05) is 16.2 Å². The number of esters is 1. The average molecular weight is 388 g/mol. The number of benzene rings is 2. The molecule has 0 unspecified atom stereocenters. The number of halogens is 1. The van der Waals surface area contributed by atoms with Crippen LogP contribution in [0.15, 0.2) is 53.0 Å². The smallest absolute Gasteiger partial charge is 0.338 e. The van der Waals surface area contributed by atoms with E-state index in [0.29, 0.717) is 5.56 Å². The number of para-hydroxylation sites is 1. The Morgan fingerprint density at radius 2 is 1.96 bits per heavy atom. The van der Waals surface area contributed by atoms with E-state index in [1.807, 2.05) is 37.3 Å². The molecule has 124 valence electrons. The lowest BCUT2D eigenvalue weighted by Crippen LogP contribution is -2.43. The van der Waals surface area contributed by atoms with Crippen molar-refractivity contribution in [1.29, 1.82) is 0 Å². The second-order valence-electron chi connectivity index (χ2n) is 5.95. The lowest BCUT2D eigenvalue weighted by Gasteiger charge is -2.25. The van der Waals surface area contributed by atoms with Crippen LogP contribution in [0.2, 0.25) is 0 Å². The summed E-state index contributed by atoms with van der Waals surface area (Å²) < 4.78 is 6.17. The first-order valence-electron chi connectivity index (χ1n) is 7.85. The van der Waals surface area contributed by atoms with Crippen LogP contribution >= 0.6 is 15.9 Å². The molecule has 2 aromatic rings. The maximum Gasteiger partial charge on any atom is 0.338 e. The molecule has 0 fully saturated rings. The predicted octanol–water partition coefficient (Wildman–Crippen LogP) is 3.97. The van der Waals surface area contributed by atoms with Crippen molar-refractivity contribution in [3.8, 4) is 0 Å². The van der Waals surface area contributed by atoms with Gasteiger partial charge in [-0.1, -0.05) is 40.2 Å². The van der Waals surface area contributed by atoms with E-state index < -0.39 is 12.1 Å². The summed E-state index contributed by atoms with van der Waals surface area (Å²) in [4.78, 5) is 26.8. The first-order valence-corrected chi connectivity index (χ1v) is 8.64. The third-order valence-corrected chi connectivity index (χ3v) is 4.63. The average Bonchev–Trinajstić information content (AvgIpc) is 2.89.